The summed E-state index contributed by atoms with van der Waals surface area (Å²) in [5.74, 6) is 0. The minimum absolute atomic E-state index is 0.0358. The van der Waals surface area contributed by atoms with Gasteiger partial charge < -0.3 is 10.3 Å². The molecule has 0 amide bonds. The van der Waals surface area contributed by atoms with E-state index in [1.54, 1.807) is 24.4 Å². The highest BCUT2D eigenvalue weighted by atomic mass is 35.5. The summed E-state index contributed by atoms with van der Waals surface area (Å²) in [6.45, 7) is 4.21. The minimum atomic E-state index is -0.0358. The first kappa shape index (κ1) is 16.3. The molecule has 0 saturated heterocycles. The Morgan fingerprint density at radius 2 is 1.77 bits per heavy atom. The first-order valence-electron chi connectivity index (χ1n) is 7.30. The number of nitrogens with zero attached hydrogens (tertiary/aromatic N) is 1. The van der Waals surface area contributed by atoms with E-state index >= 15 is 0 Å². The van der Waals surface area contributed by atoms with Crippen molar-refractivity contribution in [3.63, 3.8) is 0 Å². The van der Waals surface area contributed by atoms with E-state index in [2.05, 4.69) is 0 Å². The van der Waals surface area contributed by atoms with Crippen LogP contribution in [0.25, 0.3) is 16.6 Å². The standard InChI is InChI=1S/C16H13ClN2O.C2H6/c17-12-6-7-14-15(8-12)19(10-11(9-18)16(14)20)13-4-2-1-3-5-13;1-2/h1-8,10H,9,18H2;1-2H3. The molecule has 0 atom stereocenters. The number of aromatic nitrogens is 1. The molecule has 0 saturated carbocycles. The molecule has 0 fully saturated rings. The van der Waals surface area contributed by atoms with Crippen LogP contribution >= 0.6 is 11.6 Å². The predicted octanol–water partition coefficient (Wildman–Crippen LogP) is 4.13. The van der Waals surface area contributed by atoms with Crippen molar-refractivity contribution in [1.82, 2.24) is 4.57 Å². The van der Waals surface area contributed by atoms with Crippen molar-refractivity contribution in [2.24, 2.45) is 5.73 Å². The van der Waals surface area contributed by atoms with E-state index in [9.17, 15) is 4.79 Å². The zero-order valence-corrected chi connectivity index (χ0v) is 13.5. The summed E-state index contributed by atoms with van der Waals surface area (Å²) < 4.78 is 1.95. The Balaban J connectivity index is 0.000000847. The summed E-state index contributed by atoms with van der Waals surface area (Å²) in [5.41, 5.74) is 7.98. The van der Waals surface area contributed by atoms with E-state index < -0.39 is 0 Å². The number of halogens is 1. The summed E-state index contributed by atoms with van der Waals surface area (Å²) in [6, 6.07) is 15.1. The van der Waals surface area contributed by atoms with Gasteiger partial charge in [0.1, 0.15) is 0 Å². The van der Waals surface area contributed by atoms with Gasteiger partial charge in [-0.1, -0.05) is 43.6 Å². The van der Waals surface area contributed by atoms with E-state index in [0.717, 1.165) is 11.2 Å². The summed E-state index contributed by atoms with van der Waals surface area (Å²) in [4.78, 5) is 12.3. The maximum Gasteiger partial charge on any atom is 0.193 e. The molecule has 4 heteroatoms. The average Bonchev–Trinajstić information content (AvgIpc) is 2.58. The summed E-state index contributed by atoms with van der Waals surface area (Å²) in [5, 5.41) is 1.23. The molecule has 0 aliphatic heterocycles. The van der Waals surface area contributed by atoms with Gasteiger partial charge in [-0.3, -0.25) is 4.79 Å². The Morgan fingerprint density at radius 3 is 2.41 bits per heavy atom. The Labute approximate surface area is 135 Å². The van der Waals surface area contributed by atoms with Crippen LogP contribution in [0.4, 0.5) is 0 Å². The van der Waals surface area contributed by atoms with Gasteiger partial charge in [-0.25, -0.2) is 0 Å². The molecule has 3 aromatic rings. The van der Waals surface area contributed by atoms with Gasteiger partial charge in [-0.2, -0.15) is 0 Å². The Bertz CT molecular complexity index is 826. The lowest BCUT2D eigenvalue weighted by molar-refractivity contribution is 0.994. The quantitative estimate of drug-likeness (QED) is 0.773. The number of pyridine rings is 1. The molecule has 2 N–H and O–H groups in total. The van der Waals surface area contributed by atoms with Crippen LogP contribution in [0.15, 0.2) is 59.5 Å². The van der Waals surface area contributed by atoms with Gasteiger partial charge in [0.05, 0.1) is 5.52 Å². The number of nitrogens with two attached hydrogens (primary N) is 1. The van der Waals surface area contributed by atoms with Crippen LogP contribution in [0, 0.1) is 0 Å². The van der Waals surface area contributed by atoms with Crippen molar-refractivity contribution in [3.05, 3.63) is 75.5 Å². The van der Waals surface area contributed by atoms with Crippen molar-refractivity contribution in [1.29, 1.82) is 0 Å². The van der Waals surface area contributed by atoms with E-state index in [0.29, 0.717) is 16.0 Å². The molecule has 0 unspecified atom stereocenters. The van der Waals surface area contributed by atoms with Crippen molar-refractivity contribution in [2.75, 3.05) is 0 Å². The summed E-state index contributed by atoms with van der Waals surface area (Å²) in [7, 11) is 0. The summed E-state index contributed by atoms with van der Waals surface area (Å²) >= 11 is 6.06. The molecule has 2 aromatic carbocycles. The van der Waals surface area contributed by atoms with Crippen LogP contribution in [-0.4, -0.2) is 4.57 Å². The second kappa shape index (κ2) is 7.25. The molecule has 0 aliphatic carbocycles. The number of rotatable bonds is 2. The van der Waals surface area contributed by atoms with Gasteiger partial charge in [-0.15, -0.1) is 0 Å². The third kappa shape index (κ3) is 3.06. The number of benzene rings is 2. The Hall–Kier alpha value is -2.10. The van der Waals surface area contributed by atoms with Crippen LogP contribution in [0.1, 0.15) is 19.4 Å². The largest absolute Gasteiger partial charge is 0.326 e. The van der Waals surface area contributed by atoms with Crippen molar-refractivity contribution < 1.29 is 0 Å². The average molecular weight is 315 g/mol. The topological polar surface area (TPSA) is 48.0 Å². The Morgan fingerprint density at radius 1 is 1.09 bits per heavy atom. The fourth-order valence-electron chi connectivity index (χ4n) is 2.30. The third-order valence-corrected chi connectivity index (χ3v) is 3.53. The van der Waals surface area contributed by atoms with Crippen molar-refractivity contribution in [3.8, 4) is 5.69 Å². The van der Waals surface area contributed by atoms with Crippen molar-refractivity contribution >= 4 is 22.5 Å². The highest BCUT2D eigenvalue weighted by Gasteiger charge is 2.09. The van der Waals surface area contributed by atoms with Crippen LogP contribution in [0.3, 0.4) is 0 Å². The lowest BCUT2D eigenvalue weighted by Crippen LogP contribution is -2.17. The van der Waals surface area contributed by atoms with Crippen LogP contribution in [0.5, 0.6) is 0 Å². The van der Waals surface area contributed by atoms with Gasteiger partial charge in [-0.05, 0) is 30.3 Å². The van der Waals surface area contributed by atoms with E-state index in [4.69, 9.17) is 17.3 Å². The molecule has 114 valence electrons. The molecule has 22 heavy (non-hydrogen) atoms. The van der Waals surface area contributed by atoms with Gasteiger partial charge in [0, 0.05) is 34.4 Å². The minimum Gasteiger partial charge on any atom is -0.326 e. The molecule has 0 spiro atoms. The molecular weight excluding hydrogens is 296 g/mol. The molecular formula is C18H19ClN2O. The molecule has 3 rings (SSSR count). The molecule has 1 aromatic heterocycles. The summed E-state index contributed by atoms with van der Waals surface area (Å²) in [6.07, 6.45) is 1.79. The van der Waals surface area contributed by atoms with Crippen LogP contribution in [-0.2, 0) is 6.54 Å². The second-order valence-corrected chi connectivity index (χ2v) is 4.99. The van der Waals surface area contributed by atoms with Gasteiger partial charge in [0.15, 0.2) is 5.43 Å². The van der Waals surface area contributed by atoms with E-state index in [-0.39, 0.29) is 12.0 Å². The fourth-order valence-corrected chi connectivity index (χ4v) is 2.47. The zero-order chi connectivity index (χ0) is 16.1. The molecule has 1 heterocycles. The van der Waals surface area contributed by atoms with Gasteiger partial charge in [0.25, 0.3) is 0 Å². The lowest BCUT2D eigenvalue weighted by atomic mass is 10.1. The Kier molecular flexibility index (Phi) is 5.36. The maximum absolute atomic E-state index is 12.3. The molecule has 0 aliphatic rings. The van der Waals surface area contributed by atoms with Crippen LogP contribution in [0.2, 0.25) is 5.02 Å². The molecule has 3 nitrogen and oxygen atoms in total. The van der Waals surface area contributed by atoms with Gasteiger partial charge >= 0.3 is 0 Å². The van der Waals surface area contributed by atoms with E-state index in [1.165, 1.54) is 0 Å². The maximum atomic E-state index is 12.3. The van der Waals surface area contributed by atoms with Crippen molar-refractivity contribution in [2.45, 2.75) is 20.4 Å². The monoisotopic (exact) mass is 314 g/mol. The first-order chi connectivity index (χ1) is 10.7. The highest BCUT2D eigenvalue weighted by molar-refractivity contribution is 6.31. The normalized spacial score (nSPS) is 10.2. The van der Waals surface area contributed by atoms with Gasteiger partial charge in [0.2, 0.25) is 0 Å². The second-order valence-electron chi connectivity index (χ2n) is 4.55. The molecule has 0 radical (unpaired) electrons. The lowest BCUT2D eigenvalue weighted by Gasteiger charge is -2.13. The molecule has 0 bridgehead atoms. The highest BCUT2D eigenvalue weighted by Crippen LogP contribution is 2.21. The van der Waals surface area contributed by atoms with Crippen LogP contribution < -0.4 is 11.2 Å². The zero-order valence-electron chi connectivity index (χ0n) is 12.7. The SMILES string of the molecule is CC.NCc1cn(-c2ccccc2)c2cc(Cl)ccc2c1=O. The number of fused-ring (bicyclic) bond motifs is 1. The van der Waals surface area contributed by atoms with E-state index in [1.807, 2.05) is 48.7 Å². The fraction of sp³-hybridized carbons (Fsp3) is 0.167. The first-order valence-corrected chi connectivity index (χ1v) is 7.68. The smallest absolute Gasteiger partial charge is 0.193 e. The number of para-hydroxylation sites is 1. The third-order valence-electron chi connectivity index (χ3n) is 3.29. The predicted molar refractivity (Wildman–Crippen MR) is 93.8 cm³/mol. The number of hydrogen-bond acceptors (Lipinski definition) is 2. The number of hydrogen-bond donors (Lipinski definition) is 1.